The number of carbonyl (C=O) groups excluding carboxylic acids is 1. The Kier molecular flexibility index (Phi) is 3.75. The molecule has 0 saturated carbocycles. The number of benzene rings is 1. The second-order valence-corrected chi connectivity index (χ2v) is 4.73. The van der Waals surface area contributed by atoms with Gasteiger partial charge < -0.3 is 10.1 Å². The molecule has 1 aromatic rings. The second-order valence-electron chi connectivity index (χ2n) is 4.73. The fourth-order valence-corrected chi connectivity index (χ4v) is 2.76. The zero-order valence-electron chi connectivity index (χ0n) is 10.1. The van der Waals surface area contributed by atoms with E-state index in [0.717, 1.165) is 32.2 Å². The molecular weight excluding hydrogens is 210 g/mol. The number of aldehydes is 1. The van der Waals surface area contributed by atoms with Gasteiger partial charge >= 0.3 is 0 Å². The van der Waals surface area contributed by atoms with Crippen LogP contribution in [-0.4, -0.2) is 19.4 Å². The topological polar surface area (TPSA) is 29.1 Å². The minimum Gasteiger partial charge on any atom is -0.317 e. The number of rotatable bonds is 4. The van der Waals surface area contributed by atoms with Gasteiger partial charge in [0.15, 0.2) is 0 Å². The van der Waals surface area contributed by atoms with Crippen molar-refractivity contribution in [1.29, 1.82) is 0 Å². The summed E-state index contributed by atoms with van der Waals surface area (Å²) in [6.45, 7) is 5.75. The van der Waals surface area contributed by atoms with Crippen LogP contribution in [0.2, 0.25) is 0 Å². The van der Waals surface area contributed by atoms with Crippen molar-refractivity contribution in [2.75, 3.05) is 13.1 Å². The molecule has 1 heterocycles. The molecule has 0 spiro atoms. The Hall–Kier alpha value is -1.41. The first kappa shape index (κ1) is 12.1. The highest BCUT2D eigenvalue weighted by molar-refractivity contribution is 5.63. The summed E-state index contributed by atoms with van der Waals surface area (Å²) in [4.78, 5) is 11.6. The van der Waals surface area contributed by atoms with Crippen LogP contribution < -0.4 is 5.32 Å². The molecule has 17 heavy (non-hydrogen) atoms. The minimum absolute atomic E-state index is 0.128. The monoisotopic (exact) mass is 229 g/mol. The Balaban J connectivity index is 2.33. The normalized spacial score (nSPS) is 20.5. The Morgan fingerprint density at radius 3 is 2.41 bits per heavy atom. The van der Waals surface area contributed by atoms with Gasteiger partial charge in [0.05, 0.1) is 0 Å². The van der Waals surface area contributed by atoms with E-state index in [-0.39, 0.29) is 11.3 Å². The van der Waals surface area contributed by atoms with Crippen LogP contribution in [0.25, 0.3) is 0 Å². The average molecular weight is 229 g/mol. The highest BCUT2D eigenvalue weighted by Crippen LogP contribution is 2.42. The molecule has 1 aliphatic rings. The molecule has 1 fully saturated rings. The minimum atomic E-state index is -0.269. The van der Waals surface area contributed by atoms with Crippen LogP contribution in [0.4, 0.5) is 0 Å². The molecule has 2 nitrogen and oxygen atoms in total. The molecule has 0 bridgehead atoms. The van der Waals surface area contributed by atoms with E-state index in [1.807, 2.05) is 24.3 Å². The van der Waals surface area contributed by atoms with Crippen molar-refractivity contribution in [3.8, 4) is 0 Å². The Morgan fingerprint density at radius 1 is 1.24 bits per heavy atom. The molecule has 1 saturated heterocycles. The predicted molar refractivity (Wildman–Crippen MR) is 70.0 cm³/mol. The maximum atomic E-state index is 11.6. The Morgan fingerprint density at radius 2 is 1.88 bits per heavy atom. The molecule has 1 aliphatic heterocycles. The van der Waals surface area contributed by atoms with E-state index < -0.39 is 0 Å². The lowest BCUT2D eigenvalue weighted by Gasteiger charge is -2.38. The summed E-state index contributed by atoms with van der Waals surface area (Å²) in [7, 11) is 0. The van der Waals surface area contributed by atoms with Gasteiger partial charge in [0, 0.05) is 11.3 Å². The van der Waals surface area contributed by atoms with Crippen LogP contribution >= 0.6 is 0 Å². The molecule has 2 rings (SSSR count). The van der Waals surface area contributed by atoms with E-state index in [1.54, 1.807) is 0 Å². The molecule has 1 aromatic carbocycles. The van der Waals surface area contributed by atoms with Gasteiger partial charge in [-0.3, -0.25) is 0 Å². The van der Waals surface area contributed by atoms with Crippen LogP contribution in [0, 0.1) is 5.41 Å². The number of piperidine rings is 1. The lowest BCUT2D eigenvalue weighted by Crippen LogP contribution is -2.41. The van der Waals surface area contributed by atoms with Crippen molar-refractivity contribution in [3.05, 3.63) is 48.6 Å². The van der Waals surface area contributed by atoms with Gasteiger partial charge in [-0.2, -0.15) is 0 Å². The van der Waals surface area contributed by atoms with Crippen molar-refractivity contribution in [2.24, 2.45) is 5.41 Å². The van der Waals surface area contributed by atoms with Gasteiger partial charge in [-0.05, 0) is 31.5 Å². The lowest BCUT2D eigenvalue weighted by atomic mass is 9.67. The first-order chi connectivity index (χ1) is 8.32. The fraction of sp³-hybridized carbons (Fsp3) is 0.400. The zero-order chi connectivity index (χ0) is 12.1. The van der Waals surface area contributed by atoms with Gasteiger partial charge in [0.25, 0.3) is 0 Å². The van der Waals surface area contributed by atoms with E-state index in [2.05, 4.69) is 24.0 Å². The smallest absolute Gasteiger partial charge is 0.127 e. The third-order valence-electron chi connectivity index (χ3n) is 3.78. The SMILES string of the molecule is C=C[C@H](c1ccccc1)C1(C=O)CCNCC1. The maximum absolute atomic E-state index is 11.6. The summed E-state index contributed by atoms with van der Waals surface area (Å²) < 4.78 is 0. The van der Waals surface area contributed by atoms with Crippen molar-refractivity contribution in [3.63, 3.8) is 0 Å². The van der Waals surface area contributed by atoms with E-state index >= 15 is 0 Å². The first-order valence-electron chi connectivity index (χ1n) is 6.17. The first-order valence-corrected chi connectivity index (χ1v) is 6.17. The molecule has 0 radical (unpaired) electrons. The quantitative estimate of drug-likeness (QED) is 0.635. The molecule has 1 atom stereocenters. The van der Waals surface area contributed by atoms with Crippen LogP contribution in [0.3, 0.4) is 0 Å². The Labute approximate surface area is 103 Å². The third kappa shape index (κ3) is 2.32. The standard InChI is InChI=1S/C15H19NO/c1-2-14(13-6-4-3-5-7-13)15(12-17)8-10-16-11-9-15/h2-7,12,14,16H,1,8-11H2/t14-/m1/s1. The molecule has 0 aliphatic carbocycles. The van der Waals surface area contributed by atoms with Crippen molar-refractivity contribution < 1.29 is 4.79 Å². The van der Waals surface area contributed by atoms with E-state index in [4.69, 9.17) is 0 Å². The lowest BCUT2D eigenvalue weighted by molar-refractivity contribution is -0.118. The predicted octanol–water partition coefficient (Wildman–Crippen LogP) is 2.52. The summed E-state index contributed by atoms with van der Waals surface area (Å²) in [5, 5.41) is 3.31. The van der Waals surface area contributed by atoms with Crippen LogP contribution in [0.15, 0.2) is 43.0 Å². The van der Waals surface area contributed by atoms with Crippen LogP contribution in [0.1, 0.15) is 24.3 Å². The number of nitrogens with one attached hydrogen (secondary N) is 1. The average Bonchev–Trinajstić information content (AvgIpc) is 2.42. The van der Waals surface area contributed by atoms with Gasteiger partial charge in [-0.25, -0.2) is 0 Å². The second kappa shape index (κ2) is 5.28. The molecule has 1 N–H and O–H groups in total. The van der Waals surface area contributed by atoms with Crippen molar-refractivity contribution >= 4 is 6.29 Å². The summed E-state index contributed by atoms with van der Waals surface area (Å²) >= 11 is 0. The number of allylic oxidation sites excluding steroid dienone is 1. The van der Waals surface area contributed by atoms with Crippen LogP contribution in [-0.2, 0) is 4.79 Å². The number of hydrogen-bond donors (Lipinski definition) is 1. The van der Waals surface area contributed by atoms with Gasteiger partial charge in [0.1, 0.15) is 6.29 Å². The molecule has 90 valence electrons. The fourth-order valence-electron chi connectivity index (χ4n) is 2.76. The summed E-state index contributed by atoms with van der Waals surface area (Å²) in [5.41, 5.74) is 0.922. The third-order valence-corrected chi connectivity index (χ3v) is 3.78. The largest absolute Gasteiger partial charge is 0.317 e. The van der Waals surface area contributed by atoms with Gasteiger partial charge in [-0.15, -0.1) is 6.58 Å². The number of carbonyl (C=O) groups is 1. The van der Waals surface area contributed by atoms with E-state index in [1.165, 1.54) is 5.56 Å². The Bertz CT molecular complexity index is 379. The van der Waals surface area contributed by atoms with Crippen molar-refractivity contribution in [2.45, 2.75) is 18.8 Å². The molecule has 0 amide bonds. The van der Waals surface area contributed by atoms with E-state index in [9.17, 15) is 4.79 Å². The maximum Gasteiger partial charge on any atom is 0.127 e. The van der Waals surface area contributed by atoms with Crippen LogP contribution in [0.5, 0.6) is 0 Å². The summed E-state index contributed by atoms with van der Waals surface area (Å²) in [6, 6.07) is 10.2. The summed E-state index contributed by atoms with van der Waals surface area (Å²) in [5.74, 6) is 0.128. The number of hydrogen-bond acceptors (Lipinski definition) is 2. The molecular formula is C15H19NO. The molecule has 0 unspecified atom stereocenters. The zero-order valence-corrected chi connectivity index (χ0v) is 10.1. The highest BCUT2D eigenvalue weighted by atomic mass is 16.1. The highest BCUT2D eigenvalue weighted by Gasteiger charge is 2.38. The van der Waals surface area contributed by atoms with Crippen molar-refractivity contribution in [1.82, 2.24) is 5.32 Å². The molecule has 0 aromatic heterocycles. The molecule has 2 heteroatoms. The summed E-state index contributed by atoms with van der Waals surface area (Å²) in [6.07, 6.45) is 4.85. The van der Waals surface area contributed by atoms with Gasteiger partial charge in [0.2, 0.25) is 0 Å². The van der Waals surface area contributed by atoms with Gasteiger partial charge in [-0.1, -0.05) is 36.4 Å². The van der Waals surface area contributed by atoms with E-state index in [0.29, 0.717) is 0 Å².